The molecule has 0 unspecified atom stereocenters. The van der Waals surface area contributed by atoms with Crippen molar-refractivity contribution in [2.75, 3.05) is 18.5 Å². The number of anilines is 1. The first kappa shape index (κ1) is 33.9. The first-order valence-electron chi connectivity index (χ1n) is 16.3. The van der Waals surface area contributed by atoms with E-state index in [1.165, 1.54) is 48.5 Å². The fourth-order valence-corrected chi connectivity index (χ4v) is 5.73. The molecule has 0 atom stereocenters. The molecule has 7 nitrogen and oxygen atoms in total. The van der Waals surface area contributed by atoms with Crippen LogP contribution in [0.25, 0.3) is 22.3 Å². The minimum atomic E-state index is -1.69. The molecule has 254 valence electrons. The monoisotopic (exact) mass is 675 g/mol. The summed E-state index contributed by atoms with van der Waals surface area (Å²) in [6.07, 6.45) is 0.757. The van der Waals surface area contributed by atoms with Crippen LogP contribution in [0.15, 0.2) is 132 Å². The van der Waals surface area contributed by atoms with Crippen molar-refractivity contribution in [1.82, 2.24) is 0 Å². The quantitative estimate of drug-likeness (QED) is 0.0910. The first-order chi connectivity index (χ1) is 24.4. The van der Waals surface area contributed by atoms with Gasteiger partial charge in [0.15, 0.2) is 5.54 Å². The molecule has 6 aromatic rings. The van der Waals surface area contributed by atoms with Gasteiger partial charge in [-0.25, -0.2) is 13.6 Å². The van der Waals surface area contributed by atoms with Crippen LogP contribution in [0.5, 0.6) is 5.75 Å². The predicted molar refractivity (Wildman–Crippen MR) is 186 cm³/mol. The van der Waals surface area contributed by atoms with Crippen LogP contribution >= 0.6 is 0 Å². The molecule has 0 bridgehead atoms. The van der Waals surface area contributed by atoms with Gasteiger partial charge in [-0.1, -0.05) is 66.7 Å². The normalized spacial score (nSPS) is 11.3. The number of hydrogen-bond acceptors (Lipinski definition) is 7. The lowest BCUT2D eigenvalue weighted by molar-refractivity contribution is -0.149. The lowest BCUT2D eigenvalue weighted by Gasteiger charge is -2.34. The van der Waals surface area contributed by atoms with Crippen molar-refractivity contribution in [1.29, 1.82) is 0 Å². The second-order valence-electron chi connectivity index (χ2n) is 11.6. The third-order valence-corrected chi connectivity index (χ3v) is 8.16. The van der Waals surface area contributed by atoms with Crippen molar-refractivity contribution >= 4 is 28.6 Å². The smallest absolute Gasteiger partial charge is 0.341 e. The van der Waals surface area contributed by atoms with E-state index in [0.717, 1.165) is 16.5 Å². The molecular formula is C41H35F2NO6. The number of carbonyl (C=O) groups excluding carboxylic acids is 2. The van der Waals surface area contributed by atoms with E-state index in [0.29, 0.717) is 53.5 Å². The van der Waals surface area contributed by atoms with Crippen LogP contribution in [0.3, 0.4) is 0 Å². The van der Waals surface area contributed by atoms with Gasteiger partial charge in [-0.05, 0) is 90.7 Å². The Morgan fingerprint density at radius 3 is 2.10 bits per heavy atom. The van der Waals surface area contributed by atoms with Crippen LogP contribution in [-0.4, -0.2) is 25.2 Å². The molecule has 9 heteroatoms. The van der Waals surface area contributed by atoms with E-state index in [1.54, 1.807) is 19.1 Å². The maximum absolute atomic E-state index is 14.4. The number of halogens is 2. The largest absolute Gasteiger partial charge is 0.493 e. The van der Waals surface area contributed by atoms with Gasteiger partial charge in [0.1, 0.15) is 35.3 Å². The maximum atomic E-state index is 14.4. The average molecular weight is 676 g/mol. The molecule has 1 aromatic heterocycles. The highest BCUT2D eigenvalue weighted by Gasteiger charge is 2.44. The number of benzene rings is 5. The Bertz CT molecular complexity index is 2010. The molecule has 0 saturated carbocycles. The molecule has 0 aliphatic heterocycles. The average Bonchev–Trinajstić information content (AvgIpc) is 3.56. The zero-order valence-corrected chi connectivity index (χ0v) is 27.4. The number of ether oxygens (including phenoxy) is 3. The number of hydrogen-bond donors (Lipinski definition) is 1. The third kappa shape index (κ3) is 7.68. The van der Waals surface area contributed by atoms with Crippen LogP contribution < -0.4 is 10.1 Å². The molecule has 6 rings (SSSR count). The third-order valence-electron chi connectivity index (χ3n) is 8.16. The molecule has 0 spiro atoms. The van der Waals surface area contributed by atoms with E-state index in [9.17, 15) is 18.4 Å². The van der Waals surface area contributed by atoms with Gasteiger partial charge in [0.05, 0.1) is 18.8 Å². The number of carbonyl (C=O) groups is 2. The molecule has 1 N–H and O–H groups in total. The van der Waals surface area contributed by atoms with E-state index >= 15 is 0 Å². The molecule has 1 heterocycles. The number of rotatable bonds is 14. The summed E-state index contributed by atoms with van der Waals surface area (Å²) < 4.78 is 51.5. The summed E-state index contributed by atoms with van der Waals surface area (Å²) in [6, 6.07) is 35.0. The van der Waals surface area contributed by atoms with Crippen molar-refractivity contribution < 1.29 is 37.0 Å². The summed E-state index contributed by atoms with van der Waals surface area (Å²) in [5, 5.41) is 4.11. The standard InChI is InChI=1S/C41H35F2NO6/c1-2-47-39(45)13-8-24-48-37-12-7-6-11-35(37)38-26-29-25-34(22-23-36(29)50-38)44-41(30-14-18-32(42)19-15-30,31-16-20-33(43)21-17-31)40(46)49-27-28-9-4-3-5-10-28/h3-7,9-12,14-23,25-26,44H,2,8,13,24,27H2,1H3. The Morgan fingerprint density at radius 2 is 1.42 bits per heavy atom. The second-order valence-corrected chi connectivity index (χ2v) is 11.6. The highest BCUT2D eigenvalue weighted by molar-refractivity contribution is 5.93. The number of esters is 2. The van der Waals surface area contributed by atoms with Crippen molar-refractivity contribution in [3.05, 3.63) is 156 Å². The Morgan fingerprint density at radius 1 is 0.760 bits per heavy atom. The van der Waals surface area contributed by atoms with Crippen LogP contribution in [-0.2, 0) is 31.2 Å². The molecule has 5 aromatic carbocycles. The van der Waals surface area contributed by atoms with E-state index in [4.69, 9.17) is 18.6 Å². The molecule has 0 amide bonds. The van der Waals surface area contributed by atoms with Gasteiger partial charge in [0.2, 0.25) is 0 Å². The van der Waals surface area contributed by atoms with Gasteiger partial charge < -0.3 is 23.9 Å². The van der Waals surface area contributed by atoms with Crippen molar-refractivity contribution in [3.8, 4) is 17.1 Å². The molecule has 0 radical (unpaired) electrons. The summed E-state index contributed by atoms with van der Waals surface area (Å²) in [6.45, 7) is 2.41. The van der Waals surface area contributed by atoms with Crippen molar-refractivity contribution in [3.63, 3.8) is 0 Å². The van der Waals surface area contributed by atoms with Crippen LogP contribution in [0, 0.1) is 11.6 Å². The molecule has 0 fully saturated rings. The summed E-state index contributed by atoms with van der Waals surface area (Å²) in [4.78, 5) is 26.1. The number of furan rings is 1. The van der Waals surface area contributed by atoms with Gasteiger partial charge in [0.25, 0.3) is 0 Å². The topological polar surface area (TPSA) is 87.0 Å². The Balaban J connectivity index is 1.34. The second kappa shape index (κ2) is 15.5. The zero-order valence-electron chi connectivity index (χ0n) is 27.4. The van der Waals surface area contributed by atoms with E-state index < -0.39 is 23.1 Å². The summed E-state index contributed by atoms with van der Waals surface area (Å²) in [7, 11) is 0. The summed E-state index contributed by atoms with van der Waals surface area (Å²) in [5.74, 6) is -0.727. The number of para-hydroxylation sites is 1. The van der Waals surface area contributed by atoms with Gasteiger partial charge in [-0.3, -0.25) is 4.79 Å². The van der Waals surface area contributed by atoms with E-state index in [-0.39, 0.29) is 19.0 Å². The Hall–Kier alpha value is -5.96. The van der Waals surface area contributed by atoms with Crippen molar-refractivity contribution in [2.24, 2.45) is 0 Å². The fourth-order valence-electron chi connectivity index (χ4n) is 5.73. The van der Waals surface area contributed by atoms with Crippen LogP contribution in [0.4, 0.5) is 14.5 Å². The minimum Gasteiger partial charge on any atom is -0.493 e. The van der Waals surface area contributed by atoms with Crippen molar-refractivity contribution in [2.45, 2.75) is 31.9 Å². The SMILES string of the molecule is CCOC(=O)CCCOc1ccccc1-c1cc2cc(NC(C(=O)OCc3ccccc3)(c3ccc(F)cc3)c3ccc(F)cc3)ccc2o1. The van der Waals surface area contributed by atoms with Gasteiger partial charge in [-0.2, -0.15) is 0 Å². The zero-order chi connectivity index (χ0) is 34.9. The Labute approximate surface area is 288 Å². The molecule has 50 heavy (non-hydrogen) atoms. The minimum absolute atomic E-state index is 0.0140. The lowest BCUT2D eigenvalue weighted by Crippen LogP contribution is -2.46. The summed E-state index contributed by atoms with van der Waals surface area (Å²) >= 11 is 0. The predicted octanol–water partition coefficient (Wildman–Crippen LogP) is 9.20. The molecule has 0 saturated heterocycles. The molecular weight excluding hydrogens is 640 g/mol. The lowest BCUT2D eigenvalue weighted by atomic mass is 9.82. The van der Waals surface area contributed by atoms with E-state index in [1.807, 2.05) is 66.7 Å². The Kier molecular flexibility index (Phi) is 10.5. The highest BCUT2D eigenvalue weighted by atomic mass is 19.1. The summed E-state index contributed by atoms with van der Waals surface area (Å²) in [5.41, 5.74) is 1.72. The van der Waals surface area contributed by atoms with Gasteiger partial charge >= 0.3 is 11.9 Å². The van der Waals surface area contributed by atoms with E-state index in [2.05, 4.69) is 5.32 Å². The van der Waals surface area contributed by atoms with Crippen LogP contribution in [0.2, 0.25) is 0 Å². The maximum Gasteiger partial charge on any atom is 0.341 e. The van der Waals surface area contributed by atoms with Gasteiger partial charge in [0, 0.05) is 17.5 Å². The number of fused-ring (bicyclic) bond motifs is 1. The van der Waals surface area contributed by atoms with Crippen LogP contribution in [0.1, 0.15) is 36.5 Å². The highest BCUT2D eigenvalue weighted by Crippen LogP contribution is 2.39. The fraction of sp³-hybridized carbons (Fsp3) is 0.171. The van der Waals surface area contributed by atoms with Gasteiger partial charge in [-0.15, -0.1) is 0 Å². The first-order valence-corrected chi connectivity index (χ1v) is 16.3. The number of nitrogens with one attached hydrogen (secondary N) is 1. The molecule has 0 aliphatic carbocycles. The molecule has 0 aliphatic rings.